The Hall–Kier alpha value is -10.7. The van der Waals surface area contributed by atoms with E-state index in [4.69, 9.17) is 32.6 Å². The van der Waals surface area contributed by atoms with Gasteiger partial charge in [0.2, 0.25) is 45.6 Å². The van der Waals surface area contributed by atoms with Gasteiger partial charge in [0.15, 0.2) is 47.1 Å². The quantitative estimate of drug-likeness (QED) is 0.117. The fraction of sp³-hybridized carbons (Fsp3) is 0.385. The smallest absolute Gasteiger partial charge is 0.227 e. The summed E-state index contributed by atoms with van der Waals surface area (Å²) < 4.78 is 34.5. The zero-order chi connectivity index (χ0) is 80.4. The molecule has 0 bridgehead atoms. The summed E-state index contributed by atoms with van der Waals surface area (Å²) in [6, 6.07) is 53.0. The number of hydrogen-bond acceptors (Lipinski definition) is 8. The summed E-state index contributed by atoms with van der Waals surface area (Å²) in [5.41, 5.74) is 31.5. The van der Waals surface area contributed by atoms with Crippen LogP contribution < -0.4 is 18.3 Å². The molecular formula is C104H116N8O4+4. The Kier molecular flexibility index (Phi) is 21.7. The fourth-order valence-electron chi connectivity index (χ4n) is 19.6. The lowest BCUT2D eigenvalue weighted by molar-refractivity contribution is -0.661. The molecule has 592 valence electrons. The third-order valence-electron chi connectivity index (χ3n) is 26.0. The van der Waals surface area contributed by atoms with E-state index >= 15 is 0 Å². The van der Waals surface area contributed by atoms with Crippen LogP contribution in [0.5, 0.6) is 0 Å². The highest BCUT2D eigenvalue weighted by atomic mass is 16.4. The summed E-state index contributed by atoms with van der Waals surface area (Å²) in [6.07, 6.45) is 33.7. The Morgan fingerprint density at radius 3 is 1.14 bits per heavy atom. The topological polar surface area (TPSA) is 120 Å². The molecule has 16 aromatic rings. The van der Waals surface area contributed by atoms with Crippen molar-refractivity contribution in [1.29, 1.82) is 0 Å². The van der Waals surface area contributed by atoms with Crippen molar-refractivity contribution in [3.8, 4) is 45.0 Å². The first-order chi connectivity index (χ1) is 56.1. The first kappa shape index (κ1) is 77.8. The number of nitrogens with zero attached hydrogens (tertiary/aromatic N) is 8. The van der Waals surface area contributed by atoms with Crippen LogP contribution >= 0.6 is 0 Å². The van der Waals surface area contributed by atoms with Crippen molar-refractivity contribution in [2.45, 2.75) is 228 Å². The van der Waals surface area contributed by atoms with Crippen LogP contribution in [-0.4, -0.2) is 19.9 Å². The predicted octanol–water partition coefficient (Wildman–Crippen LogP) is 25.7. The van der Waals surface area contributed by atoms with Crippen LogP contribution in [0.2, 0.25) is 0 Å². The van der Waals surface area contributed by atoms with Crippen LogP contribution in [0.25, 0.3) is 133 Å². The van der Waals surface area contributed by atoms with Gasteiger partial charge in [0.25, 0.3) is 0 Å². The minimum absolute atomic E-state index is 0.247. The number of furan rings is 4. The second kappa shape index (κ2) is 32.4. The Labute approximate surface area is 684 Å². The van der Waals surface area contributed by atoms with Crippen molar-refractivity contribution in [2.75, 3.05) is 0 Å². The number of rotatable bonds is 11. The molecule has 0 spiro atoms. The Morgan fingerprint density at radius 2 is 0.724 bits per heavy atom. The minimum Gasteiger partial charge on any atom is -0.437 e. The third kappa shape index (κ3) is 15.4. The Morgan fingerprint density at radius 1 is 0.362 bits per heavy atom. The molecule has 12 aromatic heterocycles. The second-order valence-electron chi connectivity index (χ2n) is 36.0. The lowest BCUT2D eigenvalue weighted by Crippen LogP contribution is -2.31. The molecule has 0 saturated heterocycles. The first-order valence-corrected chi connectivity index (χ1v) is 43.4. The first-order valence-electron chi connectivity index (χ1n) is 43.4. The standard InChI is InChI=1S/C29H35N2O.C26H29N2O.C25H27N2O.C24H25N2O/c1-19-11-12-22-23-13-14-24(21-9-7-6-8-10-21)30-28(23)32-27(22)26(19)25-17-20(15-16-31(25)5)18-29(2,3)4;1-16(2)22-13-12-21-20-11-9-17(3)24(25(20)29-26(21)27-22)23-14-10-19(15-28(23)4)18-7-5-6-8-18;1-4-19-11-13-21-20-12-9-16(2)23(24(20)28-25(21)26-19)22-14-10-18(15-27(22)3)17-7-5-6-8-17;1-15-8-11-19-20-12-9-16(2)25-24(20)27-23(19)22(15)21-13-10-18(14-26(21)3)17-6-4-5-7-17/h11-17,21H,6-10,18H2,1-5H3;9-16,18H,5-8H2,1-4H3;9-15,17H,4-8H2,1-3H3;8-14,17H,4-7H2,1-3H3/q4*+1. The van der Waals surface area contributed by atoms with E-state index in [0.29, 0.717) is 11.8 Å². The molecule has 4 saturated carbocycles. The molecule has 116 heavy (non-hydrogen) atoms. The molecular weight excluding hydrogens is 1430 g/mol. The molecule has 4 aliphatic rings. The van der Waals surface area contributed by atoms with E-state index in [-0.39, 0.29) is 5.41 Å². The molecule has 0 N–H and O–H groups in total. The number of aryl methyl sites for hydroxylation is 10. The lowest BCUT2D eigenvalue weighted by Gasteiger charge is -2.20. The van der Waals surface area contributed by atoms with E-state index in [1.807, 2.05) is 13.0 Å². The monoisotopic (exact) mass is 1540 g/mol. The largest absolute Gasteiger partial charge is 0.437 e. The third-order valence-corrected chi connectivity index (χ3v) is 26.0. The molecule has 0 radical (unpaired) electrons. The maximum atomic E-state index is 6.52. The SMILES string of the molecule is CCc1ccc2c(n1)oc1c(-c3ccc(C4CCCC4)c[n+]3C)c(C)ccc12.Cc1ccc2c(n1)oc1c(-c3ccc(C4CCCC4)c[n+]3C)c(C)ccc12.Cc1ccc2c(oc3nc(C(C)C)ccc32)c1-c1ccc(C2CCCC2)c[n+]1C.Cc1ccc2c(oc3nc(C4CCCCC4)ccc32)c1-c1cc(CC(C)(C)C)cc[n+]1C. The van der Waals surface area contributed by atoms with Gasteiger partial charge in [-0.05, 0) is 222 Å². The summed E-state index contributed by atoms with van der Waals surface area (Å²) in [5, 5.41) is 8.97. The minimum atomic E-state index is 0.247. The van der Waals surface area contributed by atoms with Crippen molar-refractivity contribution in [3.63, 3.8) is 0 Å². The van der Waals surface area contributed by atoms with Gasteiger partial charge in [0, 0.05) is 119 Å². The van der Waals surface area contributed by atoms with Crippen LogP contribution in [-0.2, 0) is 41.0 Å². The number of hydrogen-bond donors (Lipinski definition) is 0. The highest BCUT2D eigenvalue weighted by Crippen LogP contribution is 2.45. The molecule has 0 amide bonds. The summed E-state index contributed by atoms with van der Waals surface area (Å²) >= 11 is 0. The molecule has 0 unspecified atom stereocenters. The average Bonchev–Trinajstić information content (AvgIpc) is 1.64. The molecule has 12 heterocycles. The summed E-state index contributed by atoms with van der Waals surface area (Å²) in [6.45, 7) is 24.0. The predicted molar refractivity (Wildman–Crippen MR) is 472 cm³/mol. The highest BCUT2D eigenvalue weighted by molar-refractivity contribution is 6.12. The lowest BCUT2D eigenvalue weighted by atomic mass is 9.86. The summed E-state index contributed by atoms with van der Waals surface area (Å²) in [7, 11) is 8.58. The molecule has 4 aromatic carbocycles. The number of fused-ring (bicyclic) bond motifs is 12. The van der Waals surface area contributed by atoms with Crippen LogP contribution in [0, 0.1) is 40.0 Å². The summed E-state index contributed by atoms with van der Waals surface area (Å²) in [5.74, 6) is 3.13. The van der Waals surface area contributed by atoms with E-state index in [1.165, 1.54) is 204 Å². The van der Waals surface area contributed by atoms with Gasteiger partial charge in [-0.15, -0.1) is 0 Å². The maximum absolute atomic E-state index is 6.52. The van der Waals surface area contributed by atoms with E-state index in [9.17, 15) is 0 Å². The zero-order valence-electron chi connectivity index (χ0n) is 71.2. The molecule has 0 atom stereocenters. The van der Waals surface area contributed by atoms with E-state index in [1.54, 1.807) is 0 Å². The van der Waals surface area contributed by atoms with Gasteiger partial charge < -0.3 is 17.7 Å². The number of benzene rings is 4. The normalized spacial score (nSPS) is 15.3. The van der Waals surface area contributed by atoms with Crippen molar-refractivity contribution >= 4 is 88.3 Å². The maximum Gasteiger partial charge on any atom is 0.227 e. The van der Waals surface area contributed by atoms with Crippen molar-refractivity contribution in [2.24, 2.45) is 33.6 Å². The summed E-state index contributed by atoms with van der Waals surface area (Å²) in [4.78, 5) is 19.1. The average molecular weight is 1540 g/mol. The van der Waals surface area contributed by atoms with Gasteiger partial charge in [-0.2, -0.15) is 0 Å². The van der Waals surface area contributed by atoms with Gasteiger partial charge in [0.05, 0.1) is 22.3 Å². The van der Waals surface area contributed by atoms with Crippen LogP contribution in [0.3, 0.4) is 0 Å². The molecule has 12 heteroatoms. The number of pyridine rings is 8. The van der Waals surface area contributed by atoms with Crippen LogP contribution in [0.15, 0.2) is 188 Å². The molecule has 20 rings (SSSR count). The Balaban J connectivity index is 0.000000111. The van der Waals surface area contributed by atoms with Gasteiger partial charge in [-0.25, -0.2) is 38.2 Å². The van der Waals surface area contributed by atoms with Crippen molar-refractivity contribution in [3.05, 3.63) is 238 Å². The van der Waals surface area contributed by atoms with E-state index in [0.717, 1.165) is 136 Å². The van der Waals surface area contributed by atoms with Gasteiger partial charge in [0.1, 0.15) is 28.2 Å². The van der Waals surface area contributed by atoms with Crippen molar-refractivity contribution in [1.82, 2.24) is 19.9 Å². The van der Waals surface area contributed by atoms with Gasteiger partial charge in [-0.1, -0.05) is 148 Å². The zero-order valence-corrected chi connectivity index (χ0v) is 71.2. The fourth-order valence-corrected chi connectivity index (χ4v) is 19.6. The molecule has 0 aliphatic heterocycles. The van der Waals surface area contributed by atoms with Gasteiger partial charge >= 0.3 is 0 Å². The number of aromatic nitrogens is 8. The highest BCUT2D eigenvalue weighted by Gasteiger charge is 2.31. The van der Waals surface area contributed by atoms with Crippen LogP contribution in [0.1, 0.15) is 248 Å². The van der Waals surface area contributed by atoms with Crippen molar-refractivity contribution < 1.29 is 35.9 Å². The van der Waals surface area contributed by atoms with E-state index < -0.39 is 0 Å². The van der Waals surface area contributed by atoms with E-state index in [2.05, 4.69) is 285 Å². The second-order valence-corrected chi connectivity index (χ2v) is 36.0. The molecule has 12 nitrogen and oxygen atoms in total. The van der Waals surface area contributed by atoms with Crippen LogP contribution in [0.4, 0.5) is 0 Å². The Bertz CT molecular complexity index is 6390. The van der Waals surface area contributed by atoms with Gasteiger partial charge in [-0.3, -0.25) is 0 Å². The molecule has 4 fully saturated rings. The molecule has 4 aliphatic carbocycles.